The maximum Gasteiger partial charge on any atom is 0.259 e. The van der Waals surface area contributed by atoms with Gasteiger partial charge in [-0.1, -0.05) is 18.2 Å². The highest BCUT2D eigenvalue weighted by Gasteiger charge is 2.34. The Bertz CT molecular complexity index is 848. The molecule has 3 rings (SSSR count). The lowest BCUT2D eigenvalue weighted by Gasteiger charge is -2.42. The van der Waals surface area contributed by atoms with Gasteiger partial charge in [0.2, 0.25) is 0 Å². The summed E-state index contributed by atoms with van der Waals surface area (Å²) in [4.78, 5) is 27.4. The summed E-state index contributed by atoms with van der Waals surface area (Å²) in [7, 11) is 1.52. The highest BCUT2D eigenvalue weighted by molar-refractivity contribution is 6.06. The van der Waals surface area contributed by atoms with Crippen molar-refractivity contribution in [2.24, 2.45) is 0 Å². The van der Waals surface area contributed by atoms with Crippen molar-refractivity contribution in [3.8, 4) is 5.75 Å². The van der Waals surface area contributed by atoms with Crippen LogP contribution in [0.1, 0.15) is 34.6 Å². The lowest BCUT2D eigenvalue weighted by atomic mass is 10.0. The Kier molecular flexibility index (Phi) is 5.46. The summed E-state index contributed by atoms with van der Waals surface area (Å²) >= 11 is 0. The summed E-state index contributed by atoms with van der Waals surface area (Å²) in [6, 6.07) is 14.0. The van der Waals surface area contributed by atoms with Crippen LogP contribution in [-0.2, 0) is 4.74 Å². The second kappa shape index (κ2) is 7.80. The number of rotatable bonds is 4. The molecule has 6 nitrogen and oxygen atoms in total. The molecule has 0 radical (unpaired) electrons. The average Bonchev–Trinajstić information content (AvgIpc) is 2.67. The third-order valence-electron chi connectivity index (χ3n) is 4.61. The smallest absolute Gasteiger partial charge is 0.259 e. The molecule has 1 heterocycles. The zero-order valence-electron chi connectivity index (χ0n) is 15.8. The van der Waals surface area contributed by atoms with E-state index in [-0.39, 0.29) is 17.4 Å². The third-order valence-corrected chi connectivity index (χ3v) is 4.61. The van der Waals surface area contributed by atoms with E-state index in [1.54, 1.807) is 48.5 Å². The Morgan fingerprint density at radius 2 is 1.93 bits per heavy atom. The first-order valence-electron chi connectivity index (χ1n) is 8.86. The molecule has 2 aromatic rings. The summed E-state index contributed by atoms with van der Waals surface area (Å²) in [5.74, 6) is 0.137. The number of hydrogen-bond donors (Lipinski definition) is 1. The number of nitrogens with zero attached hydrogens (tertiary/aromatic N) is 1. The molecule has 1 N–H and O–H groups in total. The zero-order chi connectivity index (χ0) is 19.4. The number of para-hydroxylation sites is 1. The van der Waals surface area contributed by atoms with Crippen molar-refractivity contribution in [1.82, 2.24) is 4.90 Å². The number of methoxy groups -OCH3 is 1. The fourth-order valence-corrected chi connectivity index (χ4v) is 3.15. The lowest BCUT2D eigenvalue weighted by molar-refractivity contribution is -0.0370. The van der Waals surface area contributed by atoms with Crippen LogP contribution in [0.5, 0.6) is 5.75 Å². The van der Waals surface area contributed by atoms with Crippen LogP contribution < -0.4 is 10.1 Å². The van der Waals surface area contributed by atoms with Gasteiger partial charge in [0.05, 0.1) is 31.4 Å². The van der Waals surface area contributed by atoms with Gasteiger partial charge in [0.1, 0.15) is 5.75 Å². The molecule has 0 atom stereocenters. The summed E-state index contributed by atoms with van der Waals surface area (Å²) in [6.45, 7) is 5.54. The highest BCUT2D eigenvalue weighted by Crippen LogP contribution is 2.24. The number of amides is 2. The van der Waals surface area contributed by atoms with Crippen molar-refractivity contribution in [2.75, 3.05) is 32.2 Å². The van der Waals surface area contributed by atoms with Crippen LogP contribution in [0.25, 0.3) is 0 Å². The van der Waals surface area contributed by atoms with E-state index in [1.165, 1.54) is 7.11 Å². The van der Waals surface area contributed by atoms with E-state index >= 15 is 0 Å². The minimum Gasteiger partial charge on any atom is -0.496 e. The Morgan fingerprint density at radius 3 is 2.67 bits per heavy atom. The maximum absolute atomic E-state index is 13.0. The minimum atomic E-state index is -0.369. The predicted molar refractivity (Wildman–Crippen MR) is 103 cm³/mol. The molecule has 0 unspecified atom stereocenters. The molecular weight excluding hydrogens is 344 g/mol. The lowest BCUT2D eigenvalue weighted by Crippen LogP contribution is -2.55. The fraction of sp³-hybridized carbons (Fsp3) is 0.333. The van der Waals surface area contributed by atoms with Crippen molar-refractivity contribution in [3.05, 3.63) is 59.7 Å². The monoisotopic (exact) mass is 368 g/mol. The van der Waals surface area contributed by atoms with Gasteiger partial charge in [-0.15, -0.1) is 0 Å². The molecular formula is C21H24N2O4. The summed E-state index contributed by atoms with van der Waals surface area (Å²) in [5.41, 5.74) is 1.16. The number of carbonyl (C=O) groups is 2. The average molecular weight is 368 g/mol. The Labute approximate surface area is 159 Å². The van der Waals surface area contributed by atoms with Crippen molar-refractivity contribution < 1.29 is 19.1 Å². The van der Waals surface area contributed by atoms with Crippen molar-refractivity contribution >= 4 is 17.5 Å². The molecule has 2 aromatic carbocycles. The van der Waals surface area contributed by atoms with Crippen LogP contribution in [0.15, 0.2) is 48.5 Å². The van der Waals surface area contributed by atoms with E-state index in [9.17, 15) is 9.59 Å². The zero-order valence-corrected chi connectivity index (χ0v) is 15.8. The summed E-state index contributed by atoms with van der Waals surface area (Å²) < 4.78 is 10.7. The van der Waals surface area contributed by atoms with Gasteiger partial charge in [0.15, 0.2) is 0 Å². The van der Waals surface area contributed by atoms with Crippen LogP contribution in [0.3, 0.4) is 0 Å². The van der Waals surface area contributed by atoms with E-state index in [2.05, 4.69) is 5.32 Å². The molecule has 0 aliphatic carbocycles. The first-order valence-corrected chi connectivity index (χ1v) is 8.86. The minimum absolute atomic E-state index is 0.0725. The molecule has 142 valence electrons. The number of nitrogens with one attached hydrogen (secondary N) is 1. The Hall–Kier alpha value is -2.86. The van der Waals surface area contributed by atoms with Gasteiger partial charge < -0.3 is 19.7 Å². The number of hydrogen-bond acceptors (Lipinski definition) is 4. The van der Waals surface area contributed by atoms with E-state index < -0.39 is 0 Å². The van der Waals surface area contributed by atoms with Gasteiger partial charge >= 0.3 is 0 Å². The quantitative estimate of drug-likeness (QED) is 0.900. The second-order valence-electron chi connectivity index (χ2n) is 7.06. The molecule has 0 bridgehead atoms. The Morgan fingerprint density at radius 1 is 1.15 bits per heavy atom. The topological polar surface area (TPSA) is 67.9 Å². The fourth-order valence-electron chi connectivity index (χ4n) is 3.15. The molecule has 0 spiro atoms. The van der Waals surface area contributed by atoms with E-state index in [0.717, 1.165) is 0 Å². The standard InChI is InChI=1S/C21H24N2O4/c1-21(2)14-27-12-11-23(21)20(25)15-7-6-8-16(13-15)22-19(24)17-9-4-5-10-18(17)26-3/h4-10,13H,11-12,14H2,1-3H3,(H,22,24). The maximum atomic E-state index is 13.0. The highest BCUT2D eigenvalue weighted by atomic mass is 16.5. The molecule has 0 aromatic heterocycles. The first-order chi connectivity index (χ1) is 12.9. The van der Waals surface area contributed by atoms with Crippen LogP contribution in [0.4, 0.5) is 5.69 Å². The molecule has 1 fully saturated rings. The van der Waals surface area contributed by atoms with Gasteiger partial charge in [-0.05, 0) is 44.2 Å². The molecule has 1 aliphatic heterocycles. The number of benzene rings is 2. The largest absolute Gasteiger partial charge is 0.496 e. The molecule has 6 heteroatoms. The van der Waals surface area contributed by atoms with Gasteiger partial charge in [0.25, 0.3) is 11.8 Å². The van der Waals surface area contributed by atoms with E-state index in [0.29, 0.717) is 42.3 Å². The van der Waals surface area contributed by atoms with Crippen LogP contribution >= 0.6 is 0 Å². The summed E-state index contributed by atoms with van der Waals surface area (Å²) in [5, 5.41) is 2.84. The van der Waals surface area contributed by atoms with Gasteiger partial charge in [-0.2, -0.15) is 0 Å². The number of ether oxygens (including phenoxy) is 2. The van der Waals surface area contributed by atoms with Gasteiger partial charge in [-0.25, -0.2) is 0 Å². The summed E-state index contributed by atoms with van der Waals surface area (Å²) in [6.07, 6.45) is 0. The molecule has 27 heavy (non-hydrogen) atoms. The number of anilines is 1. The third kappa shape index (κ3) is 4.11. The number of morpholine rings is 1. The van der Waals surface area contributed by atoms with Gasteiger partial charge in [-0.3, -0.25) is 9.59 Å². The molecule has 2 amide bonds. The Balaban J connectivity index is 1.79. The van der Waals surface area contributed by atoms with Crippen molar-refractivity contribution in [2.45, 2.75) is 19.4 Å². The van der Waals surface area contributed by atoms with Crippen LogP contribution in [0, 0.1) is 0 Å². The second-order valence-corrected chi connectivity index (χ2v) is 7.06. The van der Waals surface area contributed by atoms with Crippen molar-refractivity contribution in [3.63, 3.8) is 0 Å². The van der Waals surface area contributed by atoms with Gasteiger partial charge in [0, 0.05) is 17.8 Å². The first kappa shape index (κ1) is 18.9. The van der Waals surface area contributed by atoms with E-state index in [4.69, 9.17) is 9.47 Å². The van der Waals surface area contributed by atoms with Crippen LogP contribution in [0.2, 0.25) is 0 Å². The van der Waals surface area contributed by atoms with Crippen molar-refractivity contribution in [1.29, 1.82) is 0 Å². The SMILES string of the molecule is COc1ccccc1C(=O)Nc1cccc(C(=O)N2CCOCC2(C)C)c1. The molecule has 0 saturated carbocycles. The van der Waals surface area contributed by atoms with E-state index in [1.807, 2.05) is 18.7 Å². The number of carbonyl (C=O) groups excluding carboxylic acids is 2. The normalized spacial score (nSPS) is 15.9. The molecule has 1 saturated heterocycles. The van der Waals surface area contributed by atoms with Crippen LogP contribution in [-0.4, -0.2) is 49.1 Å². The predicted octanol–water partition coefficient (Wildman–Crippen LogP) is 3.20. The molecule has 1 aliphatic rings.